The predicted molar refractivity (Wildman–Crippen MR) is 63.0 cm³/mol. The Balaban J connectivity index is 1.99. The van der Waals surface area contributed by atoms with Gasteiger partial charge in [-0.05, 0) is 40.9 Å². The van der Waals surface area contributed by atoms with Gasteiger partial charge in [0.2, 0.25) is 0 Å². The van der Waals surface area contributed by atoms with E-state index in [1.807, 2.05) is 17.0 Å². The zero-order valence-corrected chi connectivity index (χ0v) is 10.4. The average molecular weight is 285 g/mol. The number of nitrogens with zero attached hydrogens (tertiary/aromatic N) is 2. The fourth-order valence-electron chi connectivity index (χ4n) is 1.64. The number of carboxylic acids is 1. The molecule has 1 aromatic rings. The molecule has 86 valence electrons. The Morgan fingerprint density at radius 1 is 1.56 bits per heavy atom. The number of halogens is 1. The number of carbonyl (C=O) groups is 1. The van der Waals surface area contributed by atoms with Crippen molar-refractivity contribution in [2.24, 2.45) is 0 Å². The molecule has 0 spiro atoms. The average Bonchev–Trinajstić information content (AvgIpc) is 3.03. The lowest BCUT2D eigenvalue weighted by molar-refractivity contribution is -0.138. The maximum absolute atomic E-state index is 10.7. The molecular formula is C11H13BrN2O2. The van der Waals surface area contributed by atoms with Crippen molar-refractivity contribution in [2.75, 3.05) is 6.54 Å². The van der Waals surface area contributed by atoms with Crippen LogP contribution in [-0.4, -0.2) is 33.5 Å². The van der Waals surface area contributed by atoms with E-state index >= 15 is 0 Å². The summed E-state index contributed by atoms with van der Waals surface area (Å²) in [5.41, 5.74) is 0.913. The molecule has 1 aliphatic rings. The smallest absolute Gasteiger partial charge is 0.317 e. The van der Waals surface area contributed by atoms with Crippen LogP contribution in [0.2, 0.25) is 0 Å². The van der Waals surface area contributed by atoms with Crippen molar-refractivity contribution in [3.63, 3.8) is 0 Å². The Kier molecular flexibility index (Phi) is 3.56. The van der Waals surface area contributed by atoms with E-state index in [4.69, 9.17) is 5.11 Å². The molecule has 0 unspecified atom stereocenters. The Hall–Kier alpha value is -0.940. The van der Waals surface area contributed by atoms with E-state index in [2.05, 4.69) is 20.9 Å². The van der Waals surface area contributed by atoms with Gasteiger partial charge in [0.15, 0.2) is 0 Å². The molecule has 4 nitrogen and oxygen atoms in total. The van der Waals surface area contributed by atoms with Crippen LogP contribution < -0.4 is 0 Å². The van der Waals surface area contributed by atoms with Crippen molar-refractivity contribution in [1.82, 2.24) is 9.88 Å². The van der Waals surface area contributed by atoms with Crippen molar-refractivity contribution in [3.8, 4) is 0 Å². The van der Waals surface area contributed by atoms with Crippen LogP contribution in [0.5, 0.6) is 0 Å². The van der Waals surface area contributed by atoms with E-state index in [0.29, 0.717) is 12.6 Å². The predicted octanol–water partition coefficient (Wildman–Crippen LogP) is 1.89. The van der Waals surface area contributed by atoms with Gasteiger partial charge in [0.05, 0.1) is 12.2 Å². The van der Waals surface area contributed by atoms with Gasteiger partial charge >= 0.3 is 5.97 Å². The van der Waals surface area contributed by atoms with Crippen LogP contribution in [0.4, 0.5) is 0 Å². The highest BCUT2D eigenvalue weighted by molar-refractivity contribution is 9.10. The van der Waals surface area contributed by atoms with Crippen molar-refractivity contribution in [3.05, 3.63) is 28.5 Å². The molecule has 0 atom stereocenters. The van der Waals surface area contributed by atoms with E-state index < -0.39 is 5.97 Å². The van der Waals surface area contributed by atoms with E-state index in [1.165, 1.54) is 0 Å². The van der Waals surface area contributed by atoms with Crippen LogP contribution in [0.25, 0.3) is 0 Å². The molecule has 1 N–H and O–H groups in total. The summed E-state index contributed by atoms with van der Waals surface area (Å²) in [5, 5.41) is 8.81. The summed E-state index contributed by atoms with van der Waals surface area (Å²) in [5.74, 6) is -0.774. The first kappa shape index (κ1) is 11.5. The van der Waals surface area contributed by atoms with Crippen LogP contribution in [0.3, 0.4) is 0 Å². The molecule has 1 aromatic heterocycles. The number of aliphatic carboxylic acids is 1. The third-order valence-electron chi connectivity index (χ3n) is 2.56. The summed E-state index contributed by atoms with van der Waals surface area (Å²) >= 11 is 3.32. The number of pyridine rings is 1. The third kappa shape index (κ3) is 3.28. The van der Waals surface area contributed by atoms with Gasteiger partial charge < -0.3 is 5.11 Å². The van der Waals surface area contributed by atoms with E-state index in [9.17, 15) is 4.79 Å². The Labute approximate surface area is 102 Å². The molecule has 0 saturated heterocycles. The molecule has 0 amide bonds. The van der Waals surface area contributed by atoms with Gasteiger partial charge in [-0.1, -0.05) is 0 Å². The third-order valence-corrected chi connectivity index (χ3v) is 3.02. The first-order valence-corrected chi connectivity index (χ1v) is 6.01. The molecule has 1 heterocycles. The topological polar surface area (TPSA) is 53.4 Å². The largest absolute Gasteiger partial charge is 0.480 e. The zero-order valence-electron chi connectivity index (χ0n) is 8.77. The van der Waals surface area contributed by atoms with Gasteiger partial charge in [-0.2, -0.15) is 0 Å². The van der Waals surface area contributed by atoms with Gasteiger partial charge in [-0.15, -0.1) is 0 Å². The lowest BCUT2D eigenvalue weighted by Crippen LogP contribution is -2.31. The number of aromatic nitrogens is 1. The molecule has 0 aliphatic heterocycles. The number of carboxylic acid groups (broad SMARTS) is 1. The molecule has 5 heteroatoms. The van der Waals surface area contributed by atoms with E-state index in [1.54, 1.807) is 6.20 Å². The number of hydrogen-bond acceptors (Lipinski definition) is 3. The van der Waals surface area contributed by atoms with E-state index in [-0.39, 0.29) is 6.54 Å². The Bertz CT molecular complexity index is 376. The highest BCUT2D eigenvalue weighted by atomic mass is 79.9. The van der Waals surface area contributed by atoms with Gasteiger partial charge in [-0.25, -0.2) is 0 Å². The second kappa shape index (κ2) is 4.93. The van der Waals surface area contributed by atoms with Crippen molar-refractivity contribution >= 4 is 21.9 Å². The minimum atomic E-state index is -0.774. The maximum atomic E-state index is 10.7. The van der Waals surface area contributed by atoms with E-state index in [0.717, 1.165) is 23.0 Å². The maximum Gasteiger partial charge on any atom is 0.317 e. The normalized spacial score (nSPS) is 15.4. The SMILES string of the molecule is O=C(O)CN(Cc1ccc(Br)cn1)C1CC1. The molecule has 0 bridgehead atoms. The first-order valence-electron chi connectivity index (χ1n) is 5.21. The van der Waals surface area contributed by atoms with Crippen molar-refractivity contribution in [1.29, 1.82) is 0 Å². The monoisotopic (exact) mass is 284 g/mol. The summed E-state index contributed by atoms with van der Waals surface area (Å²) in [6, 6.07) is 4.27. The van der Waals surface area contributed by atoms with Crippen LogP contribution in [-0.2, 0) is 11.3 Å². The van der Waals surface area contributed by atoms with Crippen molar-refractivity contribution < 1.29 is 9.90 Å². The van der Waals surface area contributed by atoms with Crippen LogP contribution >= 0.6 is 15.9 Å². The molecule has 16 heavy (non-hydrogen) atoms. The lowest BCUT2D eigenvalue weighted by Gasteiger charge is -2.18. The second-order valence-corrected chi connectivity index (χ2v) is 4.91. The minimum Gasteiger partial charge on any atom is -0.480 e. The van der Waals surface area contributed by atoms with Crippen LogP contribution in [0.15, 0.2) is 22.8 Å². The molecule has 2 rings (SSSR count). The fraction of sp³-hybridized carbons (Fsp3) is 0.455. The highest BCUT2D eigenvalue weighted by Crippen LogP contribution is 2.27. The Morgan fingerprint density at radius 3 is 2.81 bits per heavy atom. The molecule has 1 saturated carbocycles. The summed E-state index contributed by atoms with van der Waals surface area (Å²) < 4.78 is 0.937. The standard InChI is InChI=1S/C11H13BrN2O2/c12-8-1-2-9(13-5-8)6-14(7-11(15)16)10-3-4-10/h1-2,5,10H,3-4,6-7H2,(H,15,16). The van der Waals surface area contributed by atoms with Crippen molar-refractivity contribution in [2.45, 2.75) is 25.4 Å². The molecule has 1 fully saturated rings. The first-order chi connectivity index (χ1) is 7.65. The number of rotatable bonds is 5. The van der Waals surface area contributed by atoms with Gasteiger partial charge in [0, 0.05) is 23.3 Å². The van der Waals surface area contributed by atoms with Crippen LogP contribution in [0, 0.1) is 0 Å². The number of hydrogen-bond donors (Lipinski definition) is 1. The summed E-state index contributed by atoms with van der Waals surface area (Å²) in [7, 11) is 0. The summed E-state index contributed by atoms with van der Waals surface area (Å²) in [4.78, 5) is 16.9. The highest BCUT2D eigenvalue weighted by Gasteiger charge is 2.30. The fourth-order valence-corrected chi connectivity index (χ4v) is 1.87. The molecule has 0 aromatic carbocycles. The second-order valence-electron chi connectivity index (χ2n) is 4.00. The minimum absolute atomic E-state index is 0.0996. The summed E-state index contributed by atoms with van der Waals surface area (Å²) in [6.45, 7) is 0.715. The molecular weight excluding hydrogens is 272 g/mol. The Morgan fingerprint density at radius 2 is 2.31 bits per heavy atom. The molecule has 0 radical (unpaired) electrons. The zero-order chi connectivity index (χ0) is 11.5. The van der Waals surface area contributed by atoms with Gasteiger partial charge in [0.25, 0.3) is 0 Å². The lowest BCUT2D eigenvalue weighted by atomic mass is 10.3. The van der Waals surface area contributed by atoms with Gasteiger partial charge in [-0.3, -0.25) is 14.7 Å². The summed E-state index contributed by atoms with van der Waals surface area (Å²) in [6.07, 6.45) is 3.94. The molecule has 1 aliphatic carbocycles. The quantitative estimate of drug-likeness (QED) is 0.897. The van der Waals surface area contributed by atoms with Gasteiger partial charge in [0.1, 0.15) is 0 Å². The van der Waals surface area contributed by atoms with Crippen LogP contribution in [0.1, 0.15) is 18.5 Å².